The highest BCUT2D eigenvalue weighted by molar-refractivity contribution is 7.80. The maximum absolute atomic E-state index is 12.0. The Balaban J connectivity index is 1.93. The molecule has 1 aromatic heterocycles. The highest BCUT2D eigenvalue weighted by atomic mass is 32.1. The number of benzene rings is 1. The minimum absolute atomic E-state index is 0.157. The van der Waals surface area contributed by atoms with Crippen LogP contribution in [0.5, 0.6) is 0 Å². The Hall–Kier alpha value is -2.74. The third-order valence-electron chi connectivity index (χ3n) is 3.01. The third kappa shape index (κ3) is 4.36. The monoisotopic (exact) mass is 332 g/mol. The molecule has 0 saturated carbocycles. The number of methoxy groups -OCH3 is 1. The van der Waals surface area contributed by atoms with Gasteiger partial charge in [0.1, 0.15) is 0 Å². The van der Waals surface area contributed by atoms with Crippen molar-refractivity contribution in [3.8, 4) is 0 Å². The van der Waals surface area contributed by atoms with Gasteiger partial charge in [0.05, 0.1) is 24.4 Å². The van der Waals surface area contributed by atoms with Gasteiger partial charge in [0.2, 0.25) is 0 Å². The van der Waals surface area contributed by atoms with E-state index < -0.39 is 5.97 Å². The maximum atomic E-state index is 12.0. The number of aromatic nitrogens is 2. The molecule has 0 spiro atoms. The summed E-state index contributed by atoms with van der Waals surface area (Å²) in [5.74, 6) is -0.756. The van der Waals surface area contributed by atoms with Gasteiger partial charge in [0.25, 0.3) is 5.91 Å². The maximum Gasteiger partial charge on any atom is 0.337 e. The molecule has 1 heterocycles. The summed E-state index contributed by atoms with van der Waals surface area (Å²) in [7, 11) is 1.32. The van der Waals surface area contributed by atoms with Crippen LogP contribution in [0.4, 0.5) is 5.69 Å². The molecule has 2 rings (SSSR count). The third-order valence-corrected chi connectivity index (χ3v) is 3.21. The predicted molar refractivity (Wildman–Crippen MR) is 89.4 cm³/mol. The topological polar surface area (TPSA) is 85.2 Å². The Morgan fingerprint density at radius 3 is 2.52 bits per heavy atom. The molecule has 0 aliphatic rings. The van der Waals surface area contributed by atoms with Crippen LogP contribution in [0.15, 0.2) is 36.7 Å². The van der Waals surface area contributed by atoms with E-state index in [4.69, 9.17) is 12.2 Å². The van der Waals surface area contributed by atoms with E-state index in [-0.39, 0.29) is 11.0 Å². The largest absolute Gasteiger partial charge is 0.465 e. The van der Waals surface area contributed by atoms with Crippen molar-refractivity contribution in [3.05, 3.63) is 47.8 Å². The molecule has 0 aliphatic heterocycles. The normalized spacial score (nSPS) is 10.0. The molecule has 0 saturated heterocycles. The van der Waals surface area contributed by atoms with Crippen molar-refractivity contribution in [2.45, 2.75) is 13.5 Å². The van der Waals surface area contributed by atoms with Gasteiger partial charge in [-0.15, -0.1) is 0 Å². The van der Waals surface area contributed by atoms with E-state index in [1.54, 1.807) is 35.1 Å². The second kappa shape index (κ2) is 7.50. The van der Waals surface area contributed by atoms with E-state index in [1.807, 2.05) is 6.92 Å². The molecule has 0 radical (unpaired) electrons. The quantitative estimate of drug-likeness (QED) is 0.656. The number of nitrogens with one attached hydrogen (secondary N) is 2. The summed E-state index contributed by atoms with van der Waals surface area (Å²) < 4.78 is 6.27. The van der Waals surface area contributed by atoms with Crippen LogP contribution >= 0.6 is 12.2 Å². The van der Waals surface area contributed by atoms with Crippen molar-refractivity contribution in [1.82, 2.24) is 15.1 Å². The number of ether oxygens (including phenoxy) is 1. The van der Waals surface area contributed by atoms with Crippen LogP contribution in [0.25, 0.3) is 0 Å². The summed E-state index contributed by atoms with van der Waals surface area (Å²) in [5.41, 5.74) is 1.50. The SMILES string of the molecule is CCn1cc(C(=O)NC(=S)Nc2ccc(C(=O)OC)cc2)cn1. The van der Waals surface area contributed by atoms with Crippen LogP contribution in [-0.4, -0.2) is 33.9 Å². The van der Waals surface area contributed by atoms with Gasteiger partial charge < -0.3 is 10.1 Å². The lowest BCUT2D eigenvalue weighted by Gasteiger charge is -2.09. The average Bonchev–Trinajstić information content (AvgIpc) is 3.04. The van der Waals surface area contributed by atoms with Crippen LogP contribution < -0.4 is 10.6 Å². The average molecular weight is 332 g/mol. The minimum atomic E-state index is -0.416. The van der Waals surface area contributed by atoms with Gasteiger partial charge in [-0.2, -0.15) is 5.10 Å². The lowest BCUT2D eigenvalue weighted by Crippen LogP contribution is -2.33. The smallest absolute Gasteiger partial charge is 0.337 e. The number of anilines is 1. The first kappa shape index (κ1) is 16.6. The fraction of sp³-hybridized carbons (Fsp3) is 0.200. The summed E-state index contributed by atoms with van der Waals surface area (Å²) in [4.78, 5) is 23.3. The van der Waals surface area contributed by atoms with E-state index in [1.165, 1.54) is 13.3 Å². The molecule has 0 aliphatic carbocycles. The molecule has 23 heavy (non-hydrogen) atoms. The first-order valence-electron chi connectivity index (χ1n) is 6.86. The molecular weight excluding hydrogens is 316 g/mol. The standard InChI is InChI=1S/C15H16N4O3S/c1-3-19-9-11(8-16-19)13(20)18-15(23)17-12-6-4-10(5-7-12)14(21)22-2/h4-9H,3H2,1-2H3,(H2,17,18,20,23). The summed E-state index contributed by atoms with van der Waals surface area (Å²) in [6.45, 7) is 2.61. The van der Waals surface area contributed by atoms with Crippen LogP contribution in [0, 0.1) is 0 Å². The molecule has 120 valence electrons. The van der Waals surface area contributed by atoms with E-state index in [9.17, 15) is 9.59 Å². The number of aryl methyl sites for hydroxylation is 1. The summed E-state index contributed by atoms with van der Waals surface area (Å²) in [6.07, 6.45) is 3.12. The van der Waals surface area contributed by atoms with Crippen LogP contribution in [-0.2, 0) is 11.3 Å². The van der Waals surface area contributed by atoms with Gasteiger partial charge in [-0.25, -0.2) is 4.79 Å². The first-order valence-corrected chi connectivity index (χ1v) is 7.27. The number of hydrogen-bond donors (Lipinski definition) is 2. The number of amides is 1. The van der Waals surface area contributed by atoms with Crippen molar-refractivity contribution in [3.63, 3.8) is 0 Å². The van der Waals surface area contributed by atoms with Crippen molar-refractivity contribution in [2.75, 3.05) is 12.4 Å². The number of hydrogen-bond acceptors (Lipinski definition) is 5. The molecule has 0 bridgehead atoms. The molecule has 1 aromatic carbocycles. The Kier molecular flexibility index (Phi) is 5.42. The van der Waals surface area contributed by atoms with Crippen LogP contribution in [0.1, 0.15) is 27.6 Å². The van der Waals surface area contributed by atoms with Crippen LogP contribution in [0.2, 0.25) is 0 Å². The zero-order valence-corrected chi connectivity index (χ0v) is 13.5. The van der Waals surface area contributed by atoms with Crippen molar-refractivity contribution >= 4 is 34.9 Å². The van der Waals surface area contributed by atoms with Crippen molar-refractivity contribution < 1.29 is 14.3 Å². The molecule has 0 atom stereocenters. The molecule has 2 N–H and O–H groups in total. The summed E-state index contributed by atoms with van der Waals surface area (Å²) in [6, 6.07) is 6.54. The number of carbonyl (C=O) groups is 2. The Labute approximate surface area is 138 Å². The summed E-state index contributed by atoms with van der Waals surface area (Å²) in [5, 5.41) is 9.62. The molecule has 0 unspecified atom stereocenters. The number of carbonyl (C=O) groups excluding carboxylic acids is 2. The first-order chi connectivity index (χ1) is 11.0. The Bertz CT molecular complexity index is 725. The molecular formula is C15H16N4O3S. The minimum Gasteiger partial charge on any atom is -0.465 e. The molecule has 1 amide bonds. The number of esters is 1. The molecule has 0 fully saturated rings. The number of nitrogens with zero attached hydrogens (tertiary/aromatic N) is 2. The highest BCUT2D eigenvalue weighted by Crippen LogP contribution is 2.10. The lowest BCUT2D eigenvalue weighted by atomic mass is 10.2. The van der Waals surface area contributed by atoms with Gasteiger partial charge in [0.15, 0.2) is 5.11 Å². The zero-order chi connectivity index (χ0) is 16.8. The van der Waals surface area contributed by atoms with Crippen molar-refractivity contribution in [2.24, 2.45) is 0 Å². The van der Waals surface area contributed by atoms with Crippen LogP contribution in [0.3, 0.4) is 0 Å². The predicted octanol–water partition coefficient (Wildman–Crippen LogP) is 1.82. The van der Waals surface area contributed by atoms with Gasteiger partial charge in [-0.05, 0) is 43.4 Å². The fourth-order valence-corrected chi connectivity index (χ4v) is 2.01. The van der Waals surface area contributed by atoms with Gasteiger partial charge in [-0.3, -0.25) is 14.8 Å². The van der Waals surface area contributed by atoms with E-state index >= 15 is 0 Å². The van der Waals surface area contributed by atoms with Crippen molar-refractivity contribution in [1.29, 1.82) is 0 Å². The fourth-order valence-electron chi connectivity index (χ4n) is 1.80. The second-order valence-electron chi connectivity index (χ2n) is 4.56. The van der Waals surface area contributed by atoms with Gasteiger partial charge in [0, 0.05) is 18.4 Å². The zero-order valence-electron chi connectivity index (χ0n) is 12.7. The summed E-state index contributed by atoms with van der Waals surface area (Å²) >= 11 is 5.09. The molecule has 7 nitrogen and oxygen atoms in total. The van der Waals surface area contributed by atoms with Gasteiger partial charge >= 0.3 is 5.97 Å². The molecule has 8 heteroatoms. The number of rotatable bonds is 4. The second-order valence-corrected chi connectivity index (χ2v) is 4.97. The van der Waals surface area contributed by atoms with E-state index in [0.29, 0.717) is 23.4 Å². The highest BCUT2D eigenvalue weighted by Gasteiger charge is 2.10. The lowest BCUT2D eigenvalue weighted by molar-refractivity contribution is 0.0600. The molecule has 2 aromatic rings. The van der Waals surface area contributed by atoms with E-state index in [0.717, 1.165) is 0 Å². The Morgan fingerprint density at radius 2 is 1.96 bits per heavy atom. The Morgan fingerprint density at radius 1 is 1.26 bits per heavy atom. The van der Waals surface area contributed by atoms with E-state index in [2.05, 4.69) is 20.5 Å². The van der Waals surface area contributed by atoms with Gasteiger partial charge in [-0.1, -0.05) is 0 Å². The number of thiocarbonyl (C=S) groups is 1.